The van der Waals surface area contributed by atoms with Crippen molar-refractivity contribution < 1.29 is 13.2 Å². The monoisotopic (exact) mass is 347 g/mol. The van der Waals surface area contributed by atoms with Gasteiger partial charge in [0.15, 0.2) is 0 Å². The van der Waals surface area contributed by atoms with E-state index in [0.29, 0.717) is 11.3 Å². The Morgan fingerprint density at radius 1 is 1.21 bits per heavy atom. The molecule has 0 radical (unpaired) electrons. The standard InChI is InChI=1S/C17H21N3O3S/c1-12(2)20-17(21)16-10-15(8-7-13(16)3)24(22,23)19-11-14-6-4-5-9-18-14/h4-10,12,19H,11H2,1-3H3,(H,20,21). The van der Waals surface area contributed by atoms with E-state index in [-0.39, 0.29) is 23.4 Å². The normalized spacial score (nSPS) is 11.5. The van der Waals surface area contributed by atoms with Gasteiger partial charge in [-0.1, -0.05) is 12.1 Å². The van der Waals surface area contributed by atoms with Crippen LogP contribution >= 0.6 is 0 Å². The third kappa shape index (κ3) is 4.62. The molecule has 1 amide bonds. The number of amides is 1. The number of hydrogen-bond donors (Lipinski definition) is 2. The van der Waals surface area contributed by atoms with E-state index in [0.717, 1.165) is 5.56 Å². The highest BCUT2D eigenvalue weighted by atomic mass is 32.2. The highest BCUT2D eigenvalue weighted by molar-refractivity contribution is 7.89. The summed E-state index contributed by atoms with van der Waals surface area (Å²) in [4.78, 5) is 16.3. The van der Waals surface area contributed by atoms with Crippen molar-refractivity contribution in [1.82, 2.24) is 15.0 Å². The van der Waals surface area contributed by atoms with Crippen LogP contribution in [0.25, 0.3) is 0 Å². The van der Waals surface area contributed by atoms with Crippen molar-refractivity contribution in [3.63, 3.8) is 0 Å². The maximum absolute atomic E-state index is 12.4. The minimum Gasteiger partial charge on any atom is -0.350 e. The summed E-state index contributed by atoms with van der Waals surface area (Å²) >= 11 is 0. The van der Waals surface area contributed by atoms with Crippen molar-refractivity contribution in [1.29, 1.82) is 0 Å². The maximum Gasteiger partial charge on any atom is 0.251 e. The summed E-state index contributed by atoms with van der Waals surface area (Å²) in [5.74, 6) is -0.288. The molecule has 2 aromatic rings. The van der Waals surface area contributed by atoms with E-state index in [2.05, 4.69) is 15.0 Å². The summed E-state index contributed by atoms with van der Waals surface area (Å²) in [6.07, 6.45) is 1.60. The van der Waals surface area contributed by atoms with Crippen LogP contribution in [-0.2, 0) is 16.6 Å². The number of pyridine rings is 1. The minimum atomic E-state index is -3.73. The Labute approximate surface area is 142 Å². The van der Waals surface area contributed by atoms with Crippen LogP contribution in [-0.4, -0.2) is 25.4 Å². The molecule has 0 atom stereocenters. The summed E-state index contributed by atoms with van der Waals surface area (Å²) in [6.45, 7) is 5.56. The molecular formula is C17H21N3O3S. The van der Waals surface area contributed by atoms with Gasteiger partial charge >= 0.3 is 0 Å². The number of hydrogen-bond acceptors (Lipinski definition) is 4. The van der Waals surface area contributed by atoms with E-state index in [1.54, 1.807) is 37.4 Å². The molecule has 0 aliphatic heterocycles. The fourth-order valence-corrected chi connectivity index (χ4v) is 3.13. The Bertz CT molecular complexity index is 818. The van der Waals surface area contributed by atoms with Crippen molar-refractivity contribution in [2.45, 2.75) is 38.3 Å². The number of benzene rings is 1. The highest BCUT2D eigenvalue weighted by Gasteiger charge is 2.18. The summed E-state index contributed by atoms with van der Waals surface area (Å²) in [7, 11) is -3.73. The Balaban J connectivity index is 2.22. The molecule has 128 valence electrons. The van der Waals surface area contributed by atoms with Crippen molar-refractivity contribution in [3.8, 4) is 0 Å². The minimum absolute atomic E-state index is 0.0283. The summed E-state index contributed by atoms with van der Waals surface area (Å²) in [6, 6.07) is 9.77. The van der Waals surface area contributed by atoms with Crippen molar-refractivity contribution >= 4 is 15.9 Å². The predicted molar refractivity (Wildman–Crippen MR) is 92.0 cm³/mol. The van der Waals surface area contributed by atoms with E-state index < -0.39 is 10.0 Å². The lowest BCUT2D eigenvalue weighted by Gasteiger charge is -2.12. The molecule has 7 heteroatoms. The average molecular weight is 347 g/mol. The predicted octanol–water partition coefficient (Wildman–Crippen LogP) is 2.01. The van der Waals surface area contributed by atoms with Crippen LogP contribution in [0.3, 0.4) is 0 Å². The van der Waals surface area contributed by atoms with Crippen LogP contribution in [0.4, 0.5) is 0 Å². The molecule has 2 N–H and O–H groups in total. The van der Waals surface area contributed by atoms with Gasteiger partial charge in [-0.15, -0.1) is 0 Å². The van der Waals surface area contributed by atoms with Gasteiger partial charge in [-0.05, 0) is 50.6 Å². The molecule has 1 aromatic carbocycles. The van der Waals surface area contributed by atoms with Crippen molar-refractivity contribution in [2.75, 3.05) is 0 Å². The first-order valence-corrected chi connectivity index (χ1v) is 9.09. The second-order valence-electron chi connectivity index (χ2n) is 5.75. The van der Waals surface area contributed by atoms with Gasteiger partial charge in [0.1, 0.15) is 0 Å². The molecule has 1 aromatic heterocycles. The fourth-order valence-electron chi connectivity index (χ4n) is 2.11. The van der Waals surface area contributed by atoms with Crippen LogP contribution in [0, 0.1) is 6.92 Å². The highest BCUT2D eigenvalue weighted by Crippen LogP contribution is 2.16. The van der Waals surface area contributed by atoms with E-state index in [9.17, 15) is 13.2 Å². The van der Waals surface area contributed by atoms with Crippen molar-refractivity contribution in [3.05, 3.63) is 59.4 Å². The fraction of sp³-hybridized carbons (Fsp3) is 0.294. The first-order chi connectivity index (χ1) is 11.3. The number of nitrogens with zero attached hydrogens (tertiary/aromatic N) is 1. The molecule has 2 rings (SSSR count). The zero-order chi connectivity index (χ0) is 17.7. The molecule has 0 spiro atoms. The van der Waals surface area contributed by atoms with Gasteiger partial charge in [0, 0.05) is 17.8 Å². The number of aromatic nitrogens is 1. The van der Waals surface area contributed by atoms with E-state index in [1.807, 2.05) is 13.8 Å². The molecule has 0 aliphatic carbocycles. The second kappa shape index (κ2) is 7.55. The van der Waals surface area contributed by atoms with Gasteiger partial charge in [0.25, 0.3) is 5.91 Å². The van der Waals surface area contributed by atoms with Gasteiger partial charge in [0.2, 0.25) is 10.0 Å². The molecule has 6 nitrogen and oxygen atoms in total. The quantitative estimate of drug-likeness (QED) is 0.837. The number of sulfonamides is 1. The van der Waals surface area contributed by atoms with Crippen LogP contribution in [0.1, 0.15) is 35.5 Å². The van der Waals surface area contributed by atoms with Crippen LogP contribution in [0.5, 0.6) is 0 Å². The van der Waals surface area contributed by atoms with Crippen LogP contribution in [0.15, 0.2) is 47.5 Å². The molecule has 0 fully saturated rings. The van der Waals surface area contributed by atoms with E-state index in [4.69, 9.17) is 0 Å². The Hall–Kier alpha value is -2.25. The van der Waals surface area contributed by atoms with Crippen molar-refractivity contribution in [2.24, 2.45) is 0 Å². The third-order valence-corrected chi connectivity index (χ3v) is 4.75. The number of aryl methyl sites for hydroxylation is 1. The topological polar surface area (TPSA) is 88.2 Å². The molecule has 1 heterocycles. The lowest BCUT2D eigenvalue weighted by molar-refractivity contribution is 0.0942. The average Bonchev–Trinajstić information content (AvgIpc) is 2.53. The summed E-state index contributed by atoms with van der Waals surface area (Å²) < 4.78 is 27.4. The first-order valence-electron chi connectivity index (χ1n) is 7.60. The summed E-state index contributed by atoms with van der Waals surface area (Å²) in [5.41, 5.74) is 1.69. The lowest BCUT2D eigenvalue weighted by atomic mass is 10.1. The molecule has 24 heavy (non-hydrogen) atoms. The number of carbonyl (C=O) groups is 1. The van der Waals surface area contributed by atoms with Gasteiger partial charge in [-0.3, -0.25) is 9.78 Å². The number of nitrogens with one attached hydrogen (secondary N) is 2. The number of carbonyl (C=O) groups excluding carboxylic acids is 1. The molecular weight excluding hydrogens is 326 g/mol. The molecule has 0 saturated heterocycles. The Kier molecular flexibility index (Phi) is 5.69. The molecule has 0 aliphatic rings. The van der Waals surface area contributed by atoms with Gasteiger partial charge in [0.05, 0.1) is 17.1 Å². The van der Waals surface area contributed by atoms with Gasteiger partial charge < -0.3 is 5.32 Å². The second-order valence-corrected chi connectivity index (χ2v) is 7.52. The smallest absolute Gasteiger partial charge is 0.251 e. The largest absolute Gasteiger partial charge is 0.350 e. The van der Waals surface area contributed by atoms with E-state index >= 15 is 0 Å². The zero-order valence-electron chi connectivity index (χ0n) is 13.9. The molecule has 0 bridgehead atoms. The first kappa shape index (κ1) is 18.1. The SMILES string of the molecule is Cc1ccc(S(=O)(=O)NCc2ccccn2)cc1C(=O)NC(C)C. The van der Waals surface area contributed by atoms with Crippen LogP contribution < -0.4 is 10.0 Å². The van der Waals surface area contributed by atoms with Crippen LogP contribution in [0.2, 0.25) is 0 Å². The Morgan fingerprint density at radius 3 is 2.58 bits per heavy atom. The zero-order valence-corrected chi connectivity index (χ0v) is 14.7. The third-order valence-electron chi connectivity index (χ3n) is 3.35. The lowest BCUT2D eigenvalue weighted by Crippen LogP contribution is -2.31. The van der Waals surface area contributed by atoms with E-state index in [1.165, 1.54) is 12.1 Å². The molecule has 0 unspecified atom stereocenters. The van der Waals surface area contributed by atoms with Gasteiger partial charge in [-0.2, -0.15) is 0 Å². The maximum atomic E-state index is 12.4. The summed E-state index contributed by atoms with van der Waals surface area (Å²) in [5, 5.41) is 2.77. The molecule has 0 saturated carbocycles. The van der Waals surface area contributed by atoms with Gasteiger partial charge in [-0.25, -0.2) is 13.1 Å². The number of rotatable bonds is 6. The Morgan fingerprint density at radius 2 is 1.96 bits per heavy atom.